The molecule has 2 atom stereocenters. The van der Waals surface area contributed by atoms with Crippen molar-refractivity contribution < 1.29 is 9.59 Å². The van der Waals surface area contributed by atoms with Crippen molar-refractivity contribution in [3.8, 4) is 11.3 Å². The Morgan fingerprint density at radius 3 is 2.63 bits per heavy atom. The summed E-state index contributed by atoms with van der Waals surface area (Å²) in [5, 5.41) is 9.81. The number of amides is 2. The number of aromatic nitrogens is 3. The molecule has 2 amide bonds. The molecule has 1 aromatic carbocycles. The molecular weight excluding hydrogens is 502 g/mol. The first-order valence-electron chi connectivity index (χ1n) is 12.6. The molecule has 1 saturated carbocycles. The zero-order valence-corrected chi connectivity index (χ0v) is 22.3. The van der Waals surface area contributed by atoms with Crippen molar-refractivity contribution in [3.63, 3.8) is 0 Å². The summed E-state index contributed by atoms with van der Waals surface area (Å²) in [6.45, 7) is 0.684. The van der Waals surface area contributed by atoms with Gasteiger partial charge in [-0.3, -0.25) is 14.6 Å². The maximum atomic E-state index is 12.9. The van der Waals surface area contributed by atoms with E-state index in [4.69, 9.17) is 11.6 Å². The molecule has 0 saturated heterocycles. The highest BCUT2D eigenvalue weighted by atomic mass is 35.5. The van der Waals surface area contributed by atoms with Gasteiger partial charge in [-0.2, -0.15) is 0 Å². The second-order valence-electron chi connectivity index (χ2n) is 9.54. The van der Waals surface area contributed by atoms with Crippen LogP contribution in [-0.4, -0.2) is 64.4 Å². The minimum atomic E-state index is -0.206. The number of pyridine rings is 1. The lowest BCUT2D eigenvalue weighted by atomic mass is 9.91. The molecule has 38 heavy (non-hydrogen) atoms. The van der Waals surface area contributed by atoms with Crippen LogP contribution in [0.25, 0.3) is 11.3 Å². The van der Waals surface area contributed by atoms with Gasteiger partial charge in [0, 0.05) is 53.9 Å². The number of benzene rings is 1. The highest BCUT2D eigenvalue weighted by molar-refractivity contribution is 6.32. The van der Waals surface area contributed by atoms with E-state index in [1.807, 2.05) is 31.1 Å². The molecule has 0 bridgehead atoms. The molecule has 0 radical (unpaired) electrons. The average Bonchev–Trinajstić information content (AvgIpc) is 2.90. The number of nitrogens with zero attached hydrogens (tertiary/aromatic N) is 4. The van der Waals surface area contributed by atoms with Gasteiger partial charge in [-0.05, 0) is 76.2 Å². The van der Waals surface area contributed by atoms with E-state index >= 15 is 0 Å². The van der Waals surface area contributed by atoms with Gasteiger partial charge in [0.15, 0.2) is 0 Å². The third kappa shape index (κ3) is 7.84. The first-order valence-corrected chi connectivity index (χ1v) is 13.0. The van der Waals surface area contributed by atoms with Gasteiger partial charge in [0.2, 0.25) is 11.9 Å². The number of rotatable bonds is 9. The van der Waals surface area contributed by atoms with Gasteiger partial charge in [-0.25, -0.2) is 9.97 Å². The molecule has 4 rings (SSSR count). The van der Waals surface area contributed by atoms with Crippen molar-refractivity contribution in [1.29, 1.82) is 0 Å². The molecule has 9 nitrogen and oxygen atoms in total. The van der Waals surface area contributed by atoms with E-state index in [0.29, 0.717) is 34.5 Å². The van der Waals surface area contributed by atoms with Crippen molar-refractivity contribution in [2.45, 2.75) is 37.8 Å². The van der Waals surface area contributed by atoms with Gasteiger partial charge < -0.3 is 20.9 Å². The summed E-state index contributed by atoms with van der Waals surface area (Å²) < 4.78 is 0. The minimum Gasteiger partial charge on any atom is -0.351 e. The van der Waals surface area contributed by atoms with E-state index < -0.39 is 0 Å². The SMILES string of the molecule is CN(C)CC=CC(=O)Nc1ccc(C(=O)N[C@H]2CCC[C@@H](Nc3ncc(Cl)c(-c4cccnc4)n3)C2)cc1. The Kier molecular flexibility index (Phi) is 9.40. The molecule has 0 spiro atoms. The van der Waals surface area contributed by atoms with Crippen LogP contribution in [0.1, 0.15) is 36.0 Å². The predicted molar refractivity (Wildman–Crippen MR) is 150 cm³/mol. The number of carbonyl (C=O) groups is 2. The second kappa shape index (κ2) is 13.1. The normalized spacial score (nSPS) is 17.4. The van der Waals surface area contributed by atoms with Crippen LogP contribution in [0.15, 0.2) is 67.1 Å². The number of nitrogens with one attached hydrogen (secondary N) is 3. The van der Waals surface area contributed by atoms with Gasteiger partial charge in [0.25, 0.3) is 5.91 Å². The van der Waals surface area contributed by atoms with Crippen molar-refractivity contribution >= 4 is 35.1 Å². The summed E-state index contributed by atoms with van der Waals surface area (Å²) >= 11 is 6.32. The lowest BCUT2D eigenvalue weighted by Crippen LogP contribution is -2.42. The molecule has 1 aliphatic rings. The van der Waals surface area contributed by atoms with Crippen molar-refractivity contribution in [1.82, 2.24) is 25.2 Å². The molecule has 3 aromatic rings. The van der Waals surface area contributed by atoms with Crippen LogP contribution in [-0.2, 0) is 4.79 Å². The zero-order chi connectivity index (χ0) is 26.9. The van der Waals surface area contributed by atoms with Crippen LogP contribution in [0.3, 0.4) is 0 Å². The number of carbonyl (C=O) groups excluding carboxylic acids is 2. The smallest absolute Gasteiger partial charge is 0.251 e. The van der Waals surface area contributed by atoms with Crippen LogP contribution in [0.4, 0.5) is 11.6 Å². The van der Waals surface area contributed by atoms with Crippen LogP contribution in [0.2, 0.25) is 5.02 Å². The Morgan fingerprint density at radius 1 is 1.11 bits per heavy atom. The lowest BCUT2D eigenvalue weighted by Gasteiger charge is -2.30. The maximum Gasteiger partial charge on any atom is 0.251 e. The first kappa shape index (κ1) is 27.2. The molecule has 0 unspecified atom stereocenters. The maximum absolute atomic E-state index is 12.9. The summed E-state index contributed by atoms with van der Waals surface area (Å²) in [7, 11) is 3.87. The third-order valence-electron chi connectivity index (χ3n) is 6.18. The number of likely N-dealkylation sites (N-methyl/N-ethyl adjacent to an activating group) is 1. The predicted octanol–water partition coefficient (Wildman–Crippen LogP) is 4.40. The topological polar surface area (TPSA) is 112 Å². The summed E-state index contributed by atoms with van der Waals surface area (Å²) in [4.78, 5) is 40.0. The summed E-state index contributed by atoms with van der Waals surface area (Å²) in [5.41, 5.74) is 2.63. The van der Waals surface area contributed by atoms with Gasteiger partial charge in [-0.15, -0.1) is 0 Å². The summed E-state index contributed by atoms with van der Waals surface area (Å²) in [6, 6.07) is 10.8. The minimum absolute atomic E-state index is 0.0278. The molecule has 3 N–H and O–H groups in total. The van der Waals surface area contributed by atoms with E-state index in [1.54, 1.807) is 48.9 Å². The van der Waals surface area contributed by atoms with Crippen LogP contribution < -0.4 is 16.0 Å². The summed E-state index contributed by atoms with van der Waals surface area (Å²) in [6.07, 6.45) is 11.9. The quantitative estimate of drug-likeness (QED) is 0.349. The standard InChI is InChI=1S/C28H32ClN7O2/c1-36(2)15-5-9-25(37)32-21-12-10-19(11-13-21)27(38)33-22-7-3-8-23(16-22)34-28-31-18-24(29)26(35-28)20-6-4-14-30-17-20/h4-6,9-14,17-18,22-23H,3,7-8,15-16H2,1-2H3,(H,32,37)(H,33,38)(H,31,34,35)/t22-,23+/m0/s1. The molecule has 1 aliphatic carbocycles. The van der Waals surface area contributed by atoms with Gasteiger partial charge in [0.1, 0.15) is 0 Å². The largest absolute Gasteiger partial charge is 0.351 e. The van der Waals surface area contributed by atoms with E-state index in [9.17, 15) is 9.59 Å². The molecule has 2 heterocycles. The van der Waals surface area contributed by atoms with E-state index in [1.165, 1.54) is 6.08 Å². The Morgan fingerprint density at radius 2 is 1.89 bits per heavy atom. The number of halogens is 1. The molecule has 10 heteroatoms. The average molecular weight is 534 g/mol. The van der Waals surface area contributed by atoms with E-state index in [-0.39, 0.29) is 23.9 Å². The fourth-order valence-electron chi connectivity index (χ4n) is 4.30. The molecule has 198 valence electrons. The molecule has 0 aliphatic heterocycles. The molecular formula is C28H32ClN7O2. The Bertz CT molecular complexity index is 1270. The fraction of sp³-hybridized carbons (Fsp3) is 0.321. The summed E-state index contributed by atoms with van der Waals surface area (Å²) in [5.74, 6) is 0.155. The third-order valence-corrected chi connectivity index (χ3v) is 6.45. The van der Waals surface area contributed by atoms with Crippen LogP contribution >= 0.6 is 11.6 Å². The van der Waals surface area contributed by atoms with E-state index in [0.717, 1.165) is 31.2 Å². The van der Waals surface area contributed by atoms with Gasteiger partial charge in [0.05, 0.1) is 16.9 Å². The number of anilines is 2. The monoisotopic (exact) mass is 533 g/mol. The van der Waals surface area contributed by atoms with Gasteiger partial charge >= 0.3 is 0 Å². The van der Waals surface area contributed by atoms with Gasteiger partial charge in [-0.1, -0.05) is 17.7 Å². The molecule has 1 fully saturated rings. The number of hydrogen-bond acceptors (Lipinski definition) is 7. The van der Waals surface area contributed by atoms with Crippen molar-refractivity contribution in [2.24, 2.45) is 0 Å². The van der Waals surface area contributed by atoms with E-state index in [2.05, 4.69) is 30.9 Å². The second-order valence-corrected chi connectivity index (χ2v) is 9.95. The highest BCUT2D eigenvalue weighted by Crippen LogP contribution is 2.27. The van der Waals surface area contributed by atoms with Crippen LogP contribution in [0.5, 0.6) is 0 Å². The van der Waals surface area contributed by atoms with Crippen molar-refractivity contribution in [2.75, 3.05) is 31.3 Å². The Hall–Kier alpha value is -3.82. The number of hydrogen-bond donors (Lipinski definition) is 3. The Labute approximate surface area is 227 Å². The van der Waals surface area contributed by atoms with Crippen LogP contribution in [0, 0.1) is 0 Å². The zero-order valence-electron chi connectivity index (χ0n) is 21.5. The molecule has 2 aromatic heterocycles. The van der Waals surface area contributed by atoms with Crippen molar-refractivity contribution in [3.05, 3.63) is 77.7 Å². The first-order chi connectivity index (χ1) is 18.4. The fourth-order valence-corrected chi connectivity index (χ4v) is 4.50. The highest BCUT2D eigenvalue weighted by Gasteiger charge is 2.24. The Balaban J connectivity index is 1.30. The lowest BCUT2D eigenvalue weighted by molar-refractivity contribution is -0.111.